The molecule has 0 aromatic heterocycles. The second-order valence-electron chi connectivity index (χ2n) is 8.55. The number of esters is 1. The topological polar surface area (TPSA) is 111 Å². The lowest BCUT2D eigenvalue weighted by molar-refractivity contribution is -0.127. The van der Waals surface area contributed by atoms with Crippen molar-refractivity contribution >= 4 is 23.8 Å². The van der Waals surface area contributed by atoms with Crippen LogP contribution in [-0.2, 0) is 32.1 Å². The number of ketones is 1. The van der Waals surface area contributed by atoms with Gasteiger partial charge in [0.1, 0.15) is 12.6 Å². The number of carbonyl (C=O) groups is 4. The maximum atomic E-state index is 12.9. The first-order chi connectivity index (χ1) is 17.8. The summed E-state index contributed by atoms with van der Waals surface area (Å²) in [6.07, 6.45) is -0.558. The average Bonchev–Trinajstić information content (AvgIpc) is 2.90. The fourth-order valence-electron chi connectivity index (χ4n) is 3.68. The third-order valence-electron chi connectivity index (χ3n) is 5.61. The highest BCUT2D eigenvalue weighted by Gasteiger charge is 2.23. The summed E-state index contributed by atoms with van der Waals surface area (Å²) in [7, 11) is 0. The van der Waals surface area contributed by atoms with E-state index < -0.39 is 36.4 Å². The first-order valence-electron chi connectivity index (χ1n) is 11.9. The van der Waals surface area contributed by atoms with Crippen LogP contribution < -0.4 is 10.6 Å². The van der Waals surface area contributed by atoms with Crippen LogP contribution in [0.2, 0.25) is 0 Å². The highest BCUT2D eigenvalue weighted by molar-refractivity contribution is 5.95. The molecule has 0 aliphatic heterocycles. The summed E-state index contributed by atoms with van der Waals surface area (Å²) in [6.45, 7) is 2.79. The van der Waals surface area contributed by atoms with Gasteiger partial charge in [-0.25, -0.2) is 9.59 Å². The van der Waals surface area contributed by atoms with Gasteiger partial charge >= 0.3 is 12.1 Å². The quantitative estimate of drug-likeness (QED) is 0.387. The molecule has 0 spiro atoms. The standard InChI is InChI=1S/C29H30N2O6/c1-20-10-9-11-21(2)26(20)28(34)36-19-24(32)17-30-27(33)25(16-22-12-5-3-6-13-22)31-29(35)37-18-23-14-7-4-8-15-23/h3-15,25H,16-19H2,1-2H3,(H,30,33)(H,31,35)/t25-/m0/s1. The second-order valence-corrected chi connectivity index (χ2v) is 8.55. The largest absolute Gasteiger partial charge is 0.454 e. The Morgan fingerprint density at radius 2 is 1.35 bits per heavy atom. The summed E-state index contributed by atoms with van der Waals surface area (Å²) in [5.41, 5.74) is 3.54. The molecule has 3 rings (SSSR count). The summed E-state index contributed by atoms with van der Waals surface area (Å²) >= 11 is 0. The number of hydrogen-bond acceptors (Lipinski definition) is 6. The monoisotopic (exact) mass is 502 g/mol. The molecule has 0 aliphatic carbocycles. The molecule has 0 aliphatic rings. The van der Waals surface area contributed by atoms with Crippen molar-refractivity contribution in [2.45, 2.75) is 32.9 Å². The van der Waals surface area contributed by atoms with Gasteiger partial charge in [0.2, 0.25) is 5.91 Å². The normalized spacial score (nSPS) is 11.2. The van der Waals surface area contributed by atoms with E-state index in [1.165, 1.54) is 0 Å². The summed E-state index contributed by atoms with van der Waals surface area (Å²) < 4.78 is 10.4. The first-order valence-corrected chi connectivity index (χ1v) is 11.9. The Morgan fingerprint density at radius 3 is 1.97 bits per heavy atom. The smallest absolute Gasteiger partial charge is 0.408 e. The van der Waals surface area contributed by atoms with Crippen LogP contribution in [0.1, 0.15) is 32.6 Å². The number of ether oxygens (including phenoxy) is 2. The maximum Gasteiger partial charge on any atom is 0.408 e. The van der Waals surface area contributed by atoms with Gasteiger partial charge in [-0.15, -0.1) is 0 Å². The van der Waals surface area contributed by atoms with Gasteiger partial charge in [0.15, 0.2) is 12.4 Å². The van der Waals surface area contributed by atoms with Gasteiger partial charge in [0.25, 0.3) is 0 Å². The number of nitrogens with one attached hydrogen (secondary N) is 2. The van der Waals surface area contributed by atoms with E-state index in [1.54, 1.807) is 26.0 Å². The van der Waals surface area contributed by atoms with Crippen molar-refractivity contribution in [2.75, 3.05) is 13.2 Å². The van der Waals surface area contributed by atoms with Crippen LogP contribution in [0, 0.1) is 13.8 Å². The highest BCUT2D eigenvalue weighted by Crippen LogP contribution is 2.14. The van der Waals surface area contributed by atoms with Crippen molar-refractivity contribution in [1.82, 2.24) is 10.6 Å². The molecular formula is C29H30N2O6. The molecule has 192 valence electrons. The number of aryl methyl sites for hydroxylation is 2. The Hall–Kier alpha value is -4.46. The summed E-state index contributed by atoms with van der Waals surface area (Å²) in [6, 6.07) is 22.7. The van der Waals surface area contributed by atoms with Gasteiger partial charge in [-0.05, 0) is 36.1 Å². The van der Waals surface area contributed by atoms with Crippen molar-refractivity contribution in [3.8, 4) is 0 Å². The number of carbonyl (C=O) groups excluding carboxylic acids is 4. The minimum Gasteiger partial charge on any atom is -0.454 e. The molecule has 0 radical (unpaired) electrons. The molecule has 0 fully saturated rings. The van der Waals surface area contributed by atoms with E-state index >= 15 is 0 Å². The van der Waals surface area contributed by atoms with Gasteiger partial charge in [-0.3, -0.25) is 9.59 Å². The molecule has 3 aromatic carbocycles. The van der Waals surface area contributed by atoms with E-state index in [0.29, 0.717) is 5.56 Å². The Kier molecular flexibility index (Phi) is 9.96. The van der Waals surface area contributed by atoms with Gasteiger partial charge in [-0.1, -0.05) is 78.9 Å². The maximum absolute atomic E-state index is 12.9. The zero-order valence-corrected chi connectivity index (χ0v) is 20.9. The molecule has 3 aromatic rings. The third-order valence-corrected chi connectivity index (χ3v) is 5.61. The summed E-state index contributed by atoms with van der Waals surface area (Å²) in [4.78, 5) is 50.0. The minimum absolute atomic E-state index is 0.0521. The van der Waals surface area contributed by atoms with Crippen LogP contribution in [0.4, 0.5) is 4.79 Å². The van der Waals surface area contributed by atoms with Crippen molar-refractivity contribution in [3.63, 3.8) is 0 Å². The lowest BCUT2D eigenvalue weighted by atomic mass is 10.0. The molecule has 0 bridgehead atoms. The van der Waals surface area contributed by atoms with E-state index in [9.17, 15) is 19.2 Å². The Bertz CT molecular complexity index is 1210. The predicted molar refractivity (Wildman–Crippen MR) is 138 cm³/mol. The van der Waals surface area contributed by atoms with E-state index in [0.717, 1.165) is 22.3 Å². The van der Waals surface area contributed by atoms with E-state index in [1.807, 2.05) is 66.7 Å². The molecule has 0 unspecified atom stereocenters. The van der Waals surface area contributed by atoms with Crippen molar-refractivity contribution in [2.24, 2.45) is 0 Å². The molecule has 2 N–H and O–H groups in total. The number of Topliss-reactive ketones (excluding diaryl/α,β-unsaturated/α-hetero) is 1. The number of alkyl carbamates (subject to hydrolysis) is 1. The fraction of sp³-hybridized carbons (Fsp3) is 0.241. The fourth-order valence-corrected chi connectivity index (χ4v) is 3.68. The molecular weight excluding hydrogens is 472 g/mol. The van der Waals surface area contributed by atoms with E-state index in [2.05, 4.69) is 10.6 Å². The SMILES string of the molecule is Cc1cccc(C)c1C(=O)OCC(=O)CNC(=O)[C@H](Cc1ccccc1)NC(=O)OCc1ccccc1. The Labute approximate surface area is 216 Å². The number of rotatable bonds is 11. The van der Waals surface area contributed by atoms with Crippen LogP contribution >= 0.6 is 0 Å². The molecule has 8 heteroatoms. The van der Waals surface area contributed by atoms with E-state index in [4.69, 9.17) is 9.47 Å². The average molecular weight is 503 g/mol. The molecule has 8 nitrogen and oxygen atoms in total. The van der Waals surface area contributed by atoms with Crippen LogP contribution in [0.25, 0.3) is 0 Å². The molecule has 2 amide bonds. The second kappa shape index (κ2) is 13.6. The first kappa shape index (κ1) is 27.1. The highest BCUT2D eigenvalue weighted by atomic mass is 16.5. The number of benzene rings is 3. The molecule has 0 saturated carbocycles. The van der Waals surface area contributed by atoms with Crippen LogP contribution in [0.3, 0.4) is 0 Å². The summed E-state index contributed by atoms with van der Waals surface area (Å²) in [5, 5.41) is 5.09. The van der Waals surface area contributed by atoms with Gasteiger partial charge in [-0.2, -0.15) is 0 Å². The lowest BCUT2D eigenvalue weighted by Gasteiger charge is -2.18. The Morgan fingerprint density at radius 1 is 0.757 bits per heavy atom. The zero-order valence-electron chi connectivity index (χ0n) is 20.9. The molecule has 37 heavy (non-hydrogen) atoms. The number of amides is 2. The van der Waals surface area contributed by atoms with Crippen molar-refractivity contribution in [3.05, 3.63) is 107 Å². The minimum atomic E-state index is -0.976. The molecule has 1 atom stereocenters. The van der Waals surface area contributed by atoms with Crippen LogP contribution in [0.15, 0.2) is 78.9 Å². The lowest BCUT2D eigenvalue weighted by Crippen LogP contribution is -2.49. The van der Waals surface area contributed by atoms with Crippen LogP contribution in [-0.4, -0.2) is 42.9 Å². The summed E-state index contributed by atoms with van der Waals surface area (Å²) in [5.74, 6) is -1.65. The predicted octanol–water partition coefficient (Wildman–Crippen LogP) is 3.68. The molecule has 0 saturated heterocycles. The van der Waals surface area contributed by atoms with Gasteiger partial charge in [0, 0.05) is 6.42 Å². The van der Waals surface area contributed by atoms with Crippen molar-refractivity contribution < 1.29 is 28.7 Å². The van der Waals surface area contributed by atoms with Crippen molar-refractivity contribution in [1.29, 1.82) is 0 Å². The van der Waals surface area contributed by atoms with Gasteiger partial charge < -0.3 is 20.1 Å². The Balaban J connectivity index is 1.54. The van der Waals surface area contributed by atoms with E-state index in [-0.39, 0.29) is 19.6 Å². The van der Waals surface area contributed by atoms with Gasteiger partial charge in [0.05, 0.1) is 12.1 Å². The zero-order chi connectivity index (χ0) is 26.6. The van der Waals surface area contributed by atoms with Crippen LogP contribution in [0.5, 0.6) is 0 Å². The molecule has 0 heterocycles. The number of hydrogen-bond donors (Lipinski definition) is 2. The third kappa shape index (κ3) is 8.61.